The monoisotopic (exact) mass is 234 g/mol. The number of likely N-dealkylation sites (N-methyl/N-ethyl adjacent to an activating group) is 1. The van der Waals surface area contributed by atoms with Crippen molar-refractivity contribution >= 4 is 10.0 Å². The molecule has 0 aliphatic carbocycles. The zero-order valence-electron chi connectivity index (χ0n) is 9.86. The summed E-state index contributed by atoms with van der Waals surface area (Å²) in [6.07, 6.45) is 0.675. The molecule has 1 heterocycles. The Hall–Kier alpha value is -0.130. The van der Waals surface area contributed by atoms with Gasteiger partial charge in [-0.05, 0) is 18.9 Å². The predicted molar refractivity (Wildman–Crippen MR) is 62.3 cm³/mol. The van der Waals surface area contributed by atoms with Gasteiger partial charge in [0.2, 0.25) is 10.0 Å². The summed E-state index contributed by atoms with van der Waals surface area (Å²) in [6, 6.07) is 0.0986. The Morgan fingerprint density at radius 1 is 1.33 bits per heavy atom. The van der Waals surface area contributed by atoms with Crippen LogP contribution < -0.4 is 4.72 Å². The topological polar surface area (TPSA) is 49.4 Å². The molecule has 5 heteroatoms. The summed E-state index contributed by atoms with van der Waals surface area (Å²) in [6.45, 7) is 8.94. The number of rotatable bonds is 5. The van der Waals surface area contributed by atoms with Crippen LogP contribution in [0.25, 0.3) is 0 Å². The van der Waals surface area contributed by atoms with Crippen molar-refractivity contribution in [3.63, 3.8) is 0 Å². The smallest absolute Gasteiger partial charge is 0.211 e. The van der Waals surface area contributed by atoms with Crippen molar-refractivity contribution in [1.82, 2.24) is 9.62 Å². The SMILES string of the molecule is CCCS(=O)(=O)N[C@@H]1CN(CC)C[C@@H]1C. The van der Waals surface area contributed by atoms with E-state index in [2.05, 4.69) is 23.5 Å². The van der Waals surface area contributed by atoms with Crippen LogP contribution in [-0.4, -0.2) is 44.7 Å². The van der Waals surface area contributed by atoms with Crippen molar-refractivity contribution < 1.29 is 8.42 Å². The summed E-state index contributed by atoms with van der Waals surface area (Å²) in [5.41, 5.74) is 0. The molecule has 0 aromatic rings. The highest BCUT2D eigenvalue weighted by Crippen LogP contribution is 2.16. The predicted octanol–water partition coefficient (Wildman–Crippen LogP) is 0.656. The van der Waals surface area contributed by atoms with Gasteiger partial charge in [0.15, 0.2) is 0 Å². The van der Waals surface area contributed by atoms with Crippen LogP contribution in [0.2, 0.25) is 0 Å². The normalized spacial score (nSPS) is 28.5. The Kier molecular flexibility index (Phi) is 4.55. The van der Waals surface area contributed by atoms with Gasteiger partial charge < -0.3 is 4.90 Å². The maximum Gasteiger partial charge on any atom is 0.211 e. The summed E-state index contributed by atoms with van der Waals surface area (Å²) < 4.78 is 26.0. The Bertz CT molecular complexity index is 290. The summed E-state index contributed by atoms with van der Waals surface area (Å²) in [4.78, 5) is 2.28. The van der Waals surface area contributed by atoms with E-state index in [1.54, 1.807) is 0 Å². The average Bonchev–Trinajstić information content (AvgIpc) is 2.46. The van der Waals surface area contributed by atoms with Gasteiger partial charge in [0, 0.05) is 19.1 Å². The third kappa shape index (κ3) is 3.74. The molecular weight excluding hydrogens is 212 g/mol. The quantitative estimate of drug-likeness (QED) is 0.760. The third-order valence-corrected chi connectivity index (χ3v) is 4.55. The van der Waals surface area contributed by atoms with Crippen LogP contribution in [0.4, 0.5) is 0 Å². The molecule has 0 bridgehead atoms. The molecule has 1 aliphatic heterocycles. The molecule has 0 aromatic carbocycles. The van der Waals surface area contributed by atoms with Crippen molar-refractivity contribution in [2.24, 2.45) is 5.92 Å². The number of sulfonamides is 1. The Morgan fingerprint density at radius 3 is 2.47 bits per heavy atom. The lowest BCUT2D eigenvalue weighted by Gasteiger charge is -2.16. The van der Waals surface area contributed by atoms with Gasteiger partial charge in [0.25, 0.3) is 0 Å². The molecule has 0 amide bonds. The van der Waals surface area contributed by atoms with Crippen LogP contribution in [0.3, 0.4) is 0 Å². The molecule has 0 radical (unpaired) electrons. The lowest BCUT2D eigenvalue weighted by atomic mass is 10.1. The minimum atomic E-state index is -3.06. The van der Waals surface area contributed by atoms with Gasteiger partial charge >= 0.3 is 0 Å². The van der Waals surface area contributed by atoms with Crippen molar-refractivity contribution in [3.05, 3.63) is 0 Å². The summed E-state index contributed by atoms with van der Waals surface area (Å²) in [5.74, 6) is 0.652. The molecule has 0 unspecified atom stereocenters. The first-order chi connectivity index (χ1) is 6.98. The van der Waals surface area contributed by atoms with E-state index in [0.29, 0.717) is 12.3 Å². The van der Waals surface area contributed by atoms with E-state index in [-0.39, 0.29) is 11.8 Å². The first-order valence-electron chi connectivity index (χ1n) is 5.70. The van der Waals surface area contributed by atoms with Gasteiger partial charge in [-0.2, -0.15) is 0 Å². The molecular formula is C10H22N2O2S. The third-order valence-electron chi connectivity index (χ3n) is 2.94. The van der Waals surface area contributed by atoms with Crippen molar-refractivity contribution in [2.75, 3.05) is 25.4 Å². The Morgan fingerprint density at radius 2 is 2.00 bits per heavy atom. The molecule has 1 rings (SSSR count). The van der Waals surface area contributed by atoms with E-state index < -0.39 is 10.0 Å². The second-order valence-corrected chi connectivity index (χ2v) is 6.25. The Balaban J connectivity index is 2.52. The number of hydrogen-bond donors (Lipinski definition) is 1. The minimum absolute atomic E-state index is 0.0986. The number of nitrogens with zero attached hydrogens (tertiary/aromatic N) is 1. The number of likely N-dealkylation sites (tertiary alicyclic amines) is 1. The second-order valence-electron chi connectivity index (χ2n) is 4.37. The fourth-order valence-corrected chi connectivity index (χ4v) is 3.46. The molecule has 1 N–H and O–H groups in total. The van der Waals surface area contributed by atoms with Crippen molar-refractivity contribution in [2.45, 2.75) is 33.2 Å². The molecule has 0 aromatic heterocycles. The molecule has 1 aliphatic rings. The van der Waals surface area contributed by atoms with Crippen molar-refractivity contribution in [1.29, 1.82) is 0 Å². The fraction of sp³-hybridized carbons (Fsp3) is 1.00. The van der Waals surface area contributed by atoms with Crippen LogP contribution in [0, 0.1) is 5.92 Å². The van der Waals surface area contributed by atoms with Crippen LogP contribution >= 0.6 is 0 Å². The first-order valence-corrected chi connectivity index (χ1v) is 7.36. The number of nitrogens with one attached hydrogen (secondary N) is 1. The molecule has 0 saturated carbocycles. The van der Waals surface area contributed by atoms with Gasteiger partial charge in [-0.15, -0.1) is 0 Å². The zero-order chi connectivity index (χ0) is 11.5. The number of hydrogen-bond acceptors (Lipinski definition) is 3. The maximum atomic E-state index is 11.6. The lowest BCUT2D eigenvalue weighted by molar-refractivity contribution is 0.344. The van der Waals surface area contributed by atoms with Crippen LogP contribution in [0.1, 0.15) is 27.2 Å². The van der Waals surface area contributed by atoms with E-state index in [9.17, 15) is 8.42 Å². The van der Waals surface area contributed by atoms with E-state index >= 15 is 0 Å². The molecule has 1 fully saturated rings. The standard InChI is InChI=1S/C10H22N2O2S/c1-4-6-15(13,14)11-10-8-12(5-2)7-9(10)3/h9-11H,4-8H2,1-3H3/t9-,10+/m0/s1. The molecule has 1 saturated heterocycles. The van der Waals surface area contributed by atoms with Gasteiger partial charge in [-0.1, -0.05) is 20.8 Å². The summed E-state index contributed by atoms with van der Waals surface area (Å²) in [7, 11) is -3.06. The molecule has 90 valence electrons. The van der Waals surface area contributed by atoms with Gasteiger partial charge in [-0.3, -0.25) is 0 Å². The second kappa shape index (κ2) is 5.27. The van der Waals surface area contributed by atoms with Gasteiger partial charge in [0.1, 0.15) is 0 Å². The minimum Gasteiger partial charge on any atom is -0.302 e. The van der Waals surface area contributed by atoms with Crippen LogP contribution in [0.15, 0.2) is 0 Å². The largest absolute Gasteiger partial charge is 0.302 e. The van der Waals surface area contributed by atoms with E-state index in [1.165, 1.54) is 0 Å². The van der Waals surface area contributed by atoms with E-state index in [4.69, 9.17) is 0 Å². The molecule has 4 nitrogen and oxygen atoms in total. The molecule has 0 spiro atoms. The van der Waals surface area contributed by atoms with E-state index in [1.807, 2.05) is 6.92 Å². The zero-order valence-corrected chi connectivity index (χ0v) is 10.7. The lowest BCUT2D eigenvalue weighted by Crippen LogP contribution is -2.40. The molecule has 15 heavy (non-hydrogen) atoms. The fourth-order valence-electron chi connectivity index (χ4n) is 2.04. The first kappa shape index (κ1) is 12.9. The van der Waals surface area contributed by atoms with Gasteiger partial charge in [-0.25, -0.2) is 13.1 Å². The van der Waals surface area contributed by atoms with Crippen LogP contribution in [0.5, 0.6) is 0 Å². The van der Waals surface area contributed by atoms with E-state index in [0.717, 1.165) is 19.6 Å². The highest BCUT2D eigenvalue weighted by molar-refractivity contribution is 7.89. The molecule has 2 atom stereocenters. The summed E-state index contributed by atoms with van der Waals surface area (Å²) in [5, 5.41) is 0. The highest BCUT2D eigenvalue weighted by atomic mass is 32.2. The average molecular weight is 234 g/mol. The summed E-state index contributed by atoms with van der Waals surface area (Å²) >= 11 is 0. The highest BCUT2D eigenvalue weighted by Gasteiger charge is 2.31. The Labute approximate surface area is 93.1 Å². The van der Waals surface area contributed by atoms with Gasteiger partial charge in [0.05, 0.1) is 5.75 Å². The van der Waals surface area contributed by atoms with Crippen LogP contribution in [-0.2, 0) is 10.0 Å². The van der Waals surface area contributed by atoms with Crippen molar-refractivity contribution in [3.8, 4) is 0 Å². The maximum absolute atomic E-state index is 11.6.